The summed E-state index contributed by atoms with van der Waals surface area (Å²) in [5.74, 6) is -0.738. The van der Waals surface area contributed by atoms with Crippen molar-refractivity contribution in [2.24, 2.45) is 0 Å². The van der Waals surface area contributed by atoms with Gasteiger partial charge >= 0.3 is 5.00 Å². The molecular formula is C13H15N3O4S. The molecule has 1 aromatic heterocycles. The third-order valence-electron chi connectivity index (χ3n) is 2.04. The monoisotopic (exact) mass is 309 g/mol. The number of para-hydroxylation sites is 1. The van der Waals surface area contributed by atoms with Crippen molar-refractivity contribution in [1.29, 1.82) is 0 Å². The Kier molecular flexibility index (Phi) is 6.28. The Morgan fingerprint density at radius 3 is 2.57 bits per heavy atom. The molecule has 0 bridgehead atoms. The molecule has 0 unspecified atom stereocenters. The van der Waals surface area contributed by atoms with Crippen LogP contribution in [0.3, 0.4) is 0 Å². The molecule has 0 aliphatic heterocycles. The molecule has 2 aromatic rings. The Labute approximate surface area is 125 Å². The molecule has 0 aliphatic carbocycles. The Morgan fingerprint density at radius 2 is 2.05 bits per heavy atom. The van der Waals surface area contributed by atoms with Crippen LogP contribution in [0.5, 0.6) is 5.75 Å². The molecule has 0 aliphatic rings. The number of aromatic hydroxyl groups is 1. The third-order valence-corrected chi connectivity index (χ3v) is 2.91. The molecule has 7 nitrogen and oxygen atoms in total. The number of phenols is 1. The average Bonchev–Trinajstić information content (AvgIpc) is 2.88. The second kappa shape index (κ2) is 7.95. The van der Waals surface area contributed by atoms with E-state index in [0.717, 1.165) is 17.5 Å². The topological polar surface area (TPSA) is 105 Å². The number of nitrogens with zero attached hydrogens (tertiary/aromatic N) is 2. The number of hydrogen-bond acceptors (Lipinski definition) is 6. The zero-order chi connectivity index (χ0) is 15.8. The number of thiazole rings is 1. The van der Waals surface area contributed by atoms with Crippen molar-refractivity contribution in [3.8, 4) is 5.75 Å². The lowest BCUT2D eigenvalue weighted by Gasteiger charge is -2.02. The first-order chi connectivity index (χ1) is 9.99. The highest BCUT2D eigenvalue weighted by Crippen LogP contribution is 2.26. The number of aromatic nitrogens is 1. The van der Waals surface area contributed by atoms with Crippen molar-refractivity contribution in [3.63, 3.8) is 0 Å². The second-order valence-corrected chi connectivity index (χ2v) is 4.95. The standard InChI is InChI=1S/C10H7N3O4S.C3H8/c14-7-4-2-1-3-6(7)9(15)12-10-11-5-8(18-10)13(16)17;1-3-2/h1-5,14H,(H,11,12,15);3H2,1-2H3. The fourth-order valence-corrected chi connectivity index (χ4v) is 1.87. The zero-order valence-electron chi connectivity index (χ0n) is 11.6. The van der Waals surface area contributed by atoms with Crippen LogP contribution < -0.4 is 5.32 Å². The van der Waals surface area contributed by atoms with Gasteiger partial charge in [0.1, 0.15) is 11.9 Å². The Morgan fingerprint density at radius 1 is 1.43 bits per heavy atom. The Bertz CT molecular complexity index is 627. The number of nitro groups is 1. The van der Waals surface area contributed by atoms with Crippen molar-refractivity contribution >= 4 is 27.4 Å². The van der Waals surface area contributed by atoms with Gasteiger partial charge in [-0.3, -0.25) is 20.2 Å². The number of amides is 1. The molecule has 1 amide bonds. The van der Waals surface area contributed by atoms with Crippen molar-refractivity contribution < 1.29 is 14.8 Å². The molecule has 0 saturated heterocycles. The molecule has 1 aromatic carbocycles. The summed E-state index contributed by atoms with van der Waals surface area (Å²) in [6, 6.07) is 5.99. The van der Waals surface area contributed by atoms with Gasteiger partial charge in [0.05, 0.1) is 10.5 Å². The van der Waals surface area contributed by atoms with E-state index >= 15 is 0 Å². The molecule has 2 rings (SSSR count). The molecule has 1 heterocycles. The van der Waals surface area contributed by atoms with Gasteiger partial charge in [0.25, 0.3) is 5.91 Å². The third kappa shape index (κ3) is 4.84. The quantitative estimate of drug-likeness (QED) is 0.667. The first-order valence-corrected chi connectivity index (χ1v) is 7.00. The molecule has 0 atom stereocenters. The number of anilines is 1. The average molecular weight is 309 g/mol. The van der Waals surface area contributed by atoms with Crippen LogP contribution in [0.25, 0.3) is 0 Å². The minimum Gasteiger partial charge on any atom is -0.507 e. The molecular weight excluding hydrogens is 294 g/mol. The molecule has 2 N–H and O–H groups in total. The van der Waals surface area contributed by atoms with Gasteiger partial charge in [-0.25, -0.2) is 4.98 Å². The van der Waals surface area contributed by atoms with Gasteiger partial charge in [-0.2, -0.15) is 0 Å². The highest BCUT2D eigenvalue weighted by Gasteiger charge is 2.15. The molecule has 0 saturated carbocycles. The largest absolute Gasteiger partial charge is 0.507 e. The second-order valence-electron chi connectivity index (χ2n) is 3.94. The summed E-state index contributed by atoms with van der Waals surface area (Å²) in [5, 5.41) is 22.2. The molecule has 0 spiro atoms. The minimum atomic E-state index is -0.590. The Hall–Kier alpha value is -2.48. The predicted octanol–water partition coefficient (Wildman–Crippen LogP) is 3.43. The summed E-state index contributed by atoms with van der Waals surface area (Å²) >= 11 is 0.746. The number of benzene rings is 1. The maximum Gasteiger partial charge on any atom is 0.345 e. The SMILES string of the molecule is CCC.O=C(Nc1ncc([N+](=O)[O-])s1)c1ccccc1O. The van der Waals surface area contributed by atoms with Crippen molar-refractivity contribution in [2.45, 2.75) is 20.3 Å². The molecule has 8 heteroatoms. The van der Waals surface area contributed by atoms with E-state index in [1.165, 1.54) is 18.6 Å². The predicted molar refractivity (Wildman–Crippen MR) is 80.8 cm³/mol. The van der Waals surface area contributed by atoms with E-state index < -0.39 is 10.8 Å². The van der Waals surface area contributed by atoms with Crippen LogP contribution in [0.4, 0.5) is 10.1 Å². The zero-order valence-corrected chi connectivity index (χ0v) is 12.4. The van der Waals surface area contributed by atoms with E-state index in [0.29, 0.717) is 0 Å². The van der Waals surface area contributed by atoms with Gasteiger partial charge in [-0.1, -0.05) is 32.4 Å². The van der Waals surface area contributed by atoms with Crippen LogP contribution in [0.1, 0.15) is 30.6 Å². The van der Waals surface area contributed by atoms with Gasteiger partial charge in [-0.05, 0) is 23.5 Å². The lowest BCUT2D eigenvalue weighted by Crippen LogP contribution is -2.11. The summed E-state index contributed by atoms with van der Waals surface area (Å²) in [6.45, 7) is 4.25. The van der Waals surface area contributed by atoms with Crippen molar-refractivity contribution in [3.05, 3.63) is 46.1 Å². The minimum absolute atomic E-state index is 0.0790. The van der Waals surface area contributed by atoms with Gasteiger partial charge < -0.3 is 5.11 Å². The lowest BCUT2D eigenvalue weighted by atomic mass is 10.2. The van der Waals surface area contributed by atoms with Crippen molar-refractivity contribution in [1.82, 2.24) is 4.98 Å². The van der Waals surface area contributed by atoms with E-state index in [2.05, 4.69) is 24.1 Å². The number of hydrogen-bond donors (Lipinski definition) is 2. The van der Waals surface area contributed by atoms with E-state index in [-0.39, 0.29) is 21.4 Å². The molecule has 0 fully saturated rings. The summed E-state index contributed by atoms with van der Waals surface area (Å²) in [4.78, 5) is 25.3. The van der Waals surface area contributed by atoms with Crippen LogP contribution in [-0.4, -0.2) is 20.9 Å². The van der Waals surface area contributed by atoms with Crippen LogP contribution >= 0.6 is 11.3 Å². The van der Waals surface area contributed by atoms with Gasteiger partial charge in [0.2, 0.25) is 0 Å². The van der Waals surface area contributed by atoms with Crippen LogP contribution in [0, 0.1) is 10.1 Å². The summed E-state index contributed by atoms with van der Waals surface area (Å²) in [7, 11) is 0. The van der Waals surface area contributed by atoms with Gasteiger partial charge in [0, 0.05) is 0 Å². The number of rotatable bonds is 3. The first kappa shape index (κ1) is 16.6. The number of carbonyl (C=O) groups is 1. The fourth-order valence-electron chi connectivity index (χ4n) is 1.24. The summed E-state index contributed by atoms with van der Waals surface area (Å²) in [5.41, 5.74) is 0.0790. The van der Waals surface area contributed by atoms with Crippen LogP contribution in [0.2, 0.25) is 0 Å². The first-order valence-electron chi connectivity index (χ1n) is 6.19. The van der Waals surface area contributed by atoms with E-state index in [1.807, 2.05) is 0 Å². The lowest BCUT2D eigenvalue weighted by molar-refractivity contribution is -0.380. The van der Waals surface area contributed by atoms with Crippen molar-refractivity contribution in [2.75, 3.05) is 5.32 Å². The maximum atomic E-state index is 11.7. The number of phenolic OH excluding ortho intramolecular Hbond substituents is 1. The normalized spacial score (nSPS) is 9.43. The molecule has 0 radical (unpaired) electrons. The number of nitrogens with one attached hydrogen (secondary N) is 1. The van der Waals surface area contributed by atoms with E-state index in [4.69, 9.17) is 0 Å². The molecule has 21 heavy (non-hydrogen) atoms. The highest BCUT2D eigenvalue weighted by atomic mass is 32.1. The van der Waals surface area contributed by atoms with E-state index in [1.54, 1.807) is 12.1 Å². The Balaban J connectivity index is 0.000000677. The van der Waals surface area contributed by atoms with E-state index in [9.17, 15) is 20.0 Å². The summed E-state index contributed by atoms with van der Waals surface area (Å²) in [6.07, 6.45) is 2.31. The van der Waals surface area contributed by atoms with Gasteiger partial charge in [-0.15, -0.1) is 0 Å². The van der Waals surface area contributed by atoms with Gasteiger partial charge in [0.15, 0.2) is 5.13 Å². The molecule has 112 valence electrons. The maximum absolute atomic E-state index is 11.7. The number of carbonyl (C=O) groups excluding carboxylic acids is 1. The van der Waals surface area contributed by atoms with Crippen LogP contribution in [0.15, 0.2) is 30.5 Å². The summed E-state index contributed by atoms with van der Waals surface area (Å²) < 4.78 is 0. The van der Waals surface area contributed by atoms with Crippen LogP contribution in [-0.2, 0) is 0 Å². The smallest absolute Gasteiger partial charge is 0.345 e. The highest BCUT2D eigenvalue weighted by molar-refractivity contribution is 7.18. The fraction of sp³-hybridized carbons (Fsp3) is 0.231.